The molecule has 0 amide bonds. The molecule has 0 aliphatic heterocycles. The van der Waals surface area contributed by atoms with Crippen molar-refractivity contribution in [2.24, 2.45) is 0 Å². The lowest BCUT2D eigenvalue weighted by Crippen LogP contribution is -2.25. The average molecular weight is 421 g/mol. The van der Waals surface area contributed by atoms with E-state index in [1.54, 1.807) is 14.2 Å². The topological polar surface area (TPSA) is 71.3 Å². The summed E-state index contributed by atoms with van der Waals surface area (Å²) in [5, 5.41) is 10.7. The predicted molar refractivity (Wildman–Crippen MR) is 120 cm³/mol. The van der Waals surface area contributed by atoms with E-state index in [0.29, 0.717) is 46.8 Å². The van der Waals surface area contributed by atoms with Gasteiger partial charge in [0.1, 0.15) is 11.6 Å². The van der Waals surface area contributed by atoms with E-state index in [4.69, 9.17) is 14.5 Å². The summed E-state index contributed by atoms with van der Waals surface area (Å²) in [6.45, 7) is 3.42. The van der Waals surface area contributed by atoms with Crippen LogP contribution < -0.4 is 14.4 Å². The number of benzene rings is 2. The Morgan fingerprint density at radius 1 is 1.03 bits per heavy atom. The van der Waals surface area contributed by atoms with Crippen LogP contribution in [-0.4, -0.2) is 37.0 Å². The summed E-state index contributed by atoms with van der Waals surface area (Å²) in [5.74, 6) is 1.84. The Balaban J connectivity index is 2.15. The molecule has 7 heteroatoms. The zero-order chi connectivity index (χ0) is 21.5. The number of ether oxygens (including phenoxy) is 2. The molecular weight excluding hydrogens is 396 g/mol. The van der Waals surface area contributed by atoms with Crippen molar-refractivity contribution in [3.63, 3.8) is 0 Å². The zero-order valence-electron chi connectivity index (χ0n) is 17.5. The molecule has 0 N–H and O–H groups in total. The monoisotopic (exact) mass is 420 g/mol. The molecule has 1 heterocycles. The van der Waals surface area contributed by atoms with Gasteiger partial charge in [-0.3, -0.25) is 0 Å². The molecule has 0 unspecified atom stereocenters. The molecule has 0 radical (unpaired) electrons. The normalized spacial score (nSPS) is 10.4. The second kappa shape index (κ2) is 9.99. The minimum atomic E-state index is 0.442. The number of nitrogens with zero attached hydrogens (tertiary/aromatic N) is 4. The van der Waals surface area contributed by atoms with Gasteiger partial charge in [0.25, 0.3) is 0 Å². The van der Waals surface area contributed by atoms with Crippen LogP contribution in [0.2, 0.25) is 0 Å². The van der Waals surface area contributed by atoms with Crippen LogP contribution >= 0.6 is 11.8 Å². The first-order valence-electron chi connectivity index (χ1n) is 9.52. The SMILES string of the molecule is CCN(Cc1ccccc1)c1nc(SC)nc(-c2ccc(OC)c(OC)c2)c1C#N. The number of aromatic nitrogens is 2. The highest BCUT2D eigenvalue weighted by Gasteiger charge is 2.21. The number of hydrogen-bond acceptors (Lipinski definition) is 7. The van der Waals surface area contributed by atoms with Crippen molar-refractivity contribution in [1.29, 1.82) is 5.26 Å². The van der Waals surface area contributed by atoms with Crippen LogP contribution in [0.15, 0.2) is 53.7 Å². The van der Waals surface area contributed by atoms with Crippen molar-refractivity contribution >= 4 is 17.6 Å². The molecule has 30 heavy (non-hydrogen) atoms. The van der Waals surface area contributed by atoms with Crippen LogP contribution in [-0.2, 0) is 6.54 Å². The number of thioether (sulfide) groups is 1. The van der Waals surface area contributed by atoms with E-state index in [9.17, 15) is 5.26 Å². The van der Waals surface area contributed by atoms with Crippen molar-refractivity contribution in [3.05, 3.63) is 59.7 Å². The van der Waals surface area contributed by atoms with Gasteiger partial charge in [-0.05, 0) is 36.9 Å². The molecule has 2 aromatic carbocycles. The summed E-state index contributed by atoms with van der Waals surface area (Å²) < 4.78 is 10.8. The van der Waals surface area contributed by atoms with Crippen LogP contribution in [0.4, 0.5) is 5.82 Å². The highest BCUT2D eigenvalue weighted by Crippen LogP contribution is 2.36. The van der Waals surface area contributed by atoms with Gasteiger partial charge in [0.05, 0.1) is 19.9 Å². The van der Waals surface area contributed by atoms with Crippen LogP contribution in [0.1, 0.15) is 18.1 Å². The number of hydrogen-bond donors (Lipinski definition) is 0. The van der Waals surface area contributed by atoms with Gasteiger partial charge in [-0.15, -0.1) is 0 Å². The molecule has 3 aromatic rings. The Labute approximate surface area is 181 Å². The second-order valence-corrected chi connectivity index (χ2v) is 7.21. The fourth-order valence-corrected chi connectivity index (χ4v) is 3.55. The largest absolute Gasteiger partial charge is 0.493 e. The average Bonchev–Trinajstić information content (AvgIpc) is 2.81. The summed E-state index contributed by atoms with van der Waals surface area (Å²) in [6.07, 6.45) is 1.93. The van der Waals surface area contributed by atoms with Crippen molar-refractivity contribution in [1.82, 2.24) is 9.97 Å². The maximum atomic E-state index is 10.0. The number of anilines is 1. The van der Waals surface area contributed by atoms with Gasteiger partial charge < -0.3 is 14.4 Å². The Bertz CT molecular complexity index is 1050. The molecule has 3 rings (SSSR count). The summed E-state index contributed by atoms with van der Waals surface area (Å²) in [5.41, 5.74) is 2.95. The van der Waals surface area contributed by atoms with Crippen molar-refractivity contribution in [3.8, 4) is 28.8 Å². The quantitative estimate of drug-likeness (QED) is 0.383. The van der Waals surface area contributed by atoms with E-state index in [2.05, 4.69) is 35.0 Å². The molecule has 0 fully saturated rings. The van der Waals surface area contributed by atoms with Crippen LogP contribution in [0, 0.1) is 11.3 Å². The summed E-state index contributed by atoms with van der Waals surface area (Å²) in [7, 11) is 3.18. The van der Waals surface area contributed by atoms with Crippen LogP contribution in [0.25, 0.3) is 11.3 Å². The zero-order valence-corrected chi connectivity index (χ0v) is 18.4. The molecule has 0 aliphatic carbocycles. The fraction of sp³-hybridized carbons (Fsp3) is 0.261. The lowest BCUT2D eigenvalue weighted by atomic mass is 10.1. The maximum Gasteiger partial charge on any atom is 0.189 e. The Morgan fingerprint density at radius 3 is 2.37 bits per heavy atom. The third-order valence-electron chi connectivity index (χ3n) is 4.72. The van der Waals surface area contributed by atoms with Crippen molar-refractivity contribution in [2.45, 2.75) is 18.6 Å². The Hall–Kier alpha value is -3.24. The van der Waals surface area contributed by atoms with Gasteiger partial charge in [-0.2, -0.15) is 5.26 Å². The Kier molecular flexibility index (Phi) is 7.15. The van der Waals surface area contributed by atoms with Crippen LogP contribution in [0.3, 0.4) is 0 Å². The lowest BCUT2D eigenvalue weighted by Gasteiger charge is -2.24. The minimum Gasteiger partial charge on any atom is -0.493 e. The molecule has 0 bridgehead atoms. The smallest absolute Gasteiger partial charge is 0.189 e. The molecule has 0 spiro atoms. The lowest BCUT2D eigenvalue weighted by molar-refractivity contribution is 0.355. The van der Waals surface area contributed by atoms with Crippen molar-refractivity contribution in [2.75, 3.05) is 31.9 Å². The summed E-state index contributed by atoms with van der Waals surface area (Å²) in [4.78, 5) is 11.4. The summed E-state index contributed by atoms with van der Waals surface area (Å²) >= 11 is 1.45. The first kappa shape index (κ1) is 21.5. The maximum absolute atomic E-state index is 10.0. The second-order valence-electron chi connectivity index (χ2n) is 6.44. The van der Waals surface area contributed by atoms with E-state index < -0.39 is 0 Å². The number of methoxy groups -OCH3 is 2. The minimum absolute atomic E-state index is 0.442. The molecule has 0 saturated carbocycles. The first-order valence-corrected chi connectivity index (χ1v) is 10.7. The molecule has 0 saturated heterocycles. The molecule has 0 aliphatic rings. The van der Waals surface area contributed by atoms with E-state index in [0.717, 1.165) is 11.1 Å². The van der Waals surface area contributed by atoms with Gasteiger partial charge in [0.2, 0.25) is 0 Å². The van der Waals surface area contributed by atoms with Gasteiger partial charge >= 0.3 is 0 Å². The Morgan fingerprint density at radius 2 is 1.77 bits per heavy atom. The number of rotatable bonds is 8. The summed E-state index contributed by atoms with van der Waals surface area (Å²) in [6, 6.07) is 18.0. The van der Waals surface area contributed by atoms with E-state index in [-0.39, 0.29) is 0 Å². The predicted octanol–water partition coefficient (Wildman–Crippen LogP) is 4.78. The molecule has 0 atom stereocenters. The third kappa shape index (κ3) is 4.50. The first-order chi connectivity index (χ1) is 14.6. The van der Waals surface area contributed by atoms with Gasteiger partial charge in [-0.1, -0.05) is 42.1 Å². The fourth-order valence-electron chi connectivity index (χ4n) is 3.18. The molecule has 6 nitrogen and oxygen atoms in total. The highest BCUT2D eigenvalue weighted by atomic mass is 32.2. The highest BCUT2D eigenvalue weighted by molar-refractivity contribution is 7.98. The van der Waals surface area contributed by atoms with Crippen molar-refractivity contribution < 1.29 is 9.47 Å². The van der Waals surface area contributed by atoms with Gasteiger partial charge in [0.15, 0.2) is 22.5 Å². The van der Waals surface area contributed by atoms with Crippen LogP contribution in [0.5, 0.6) is 11.5 Å². The molecule has 1 aromatic heterocycles. The van der Waals surface area contributed by atoms with E-state index >= 15 is 0 Å². The third-order valence-corrected chi connectivity index (χ3v) is 5.27. The van der Waals surface area contributed by atoms with E-state index in [1.807, 2.05) is 42.7 Å². The molecular formula is C23H24N4O2S. The number of nitriles is 1. The standard InChI is InChI=1S/C23H24N4O2S/c1-5-27(15-16-9-7-6-8-10-16)22-18(14-24)21(25-23(26-22)30-4)17-11-12-19(28-2)20(13-17)29-3/h6-13H,5,15H2,1-4H3. The van der Waals surface area contributed by atoms with E-state index in [1.165, 1.54) is 11.8 Å². The van der Waals surface area contributed by atoms with Gasteiger partial charge in [-0.25, -0.2) is 9.97 Å². The van der Waals surface area contributed by atoms with Gasteiger partial charge in [0, 0.05) is 18.7 Å². The molecule has 154 valence electrons.